The van der Waals surface area contributed by atoms with Crippen LogP contribution in [0.25, 0.3) is 21.5 Å². The zero-order valence-corrected chi connectivity index (χ0v) is 12.6. The van der Waals surface area contributed by atoms with Gasteiger partial charge in [0.25, 0.3) is 22.2 Å². The van der Waals surface area contributed by atoms with Gasteiger partial charge >= 0.3 is 0 Å². The minimum Gasteiger partial charge on any atom is -0.288 e. The van der Waals surface area contributed by atoms with Gasteiger partial charge < -0.3 is 0 Å². The summed E-state index contributed by atoms with van der Waals surface area (Å²) >= 11 is 0. The summed E-state index contributed by atoms with van der Waals surface area (Å²) in [6, 6.07) is 2.72. The summed E-state index contributed by atoms with van der Waals surface area (Å²) in [6.45, 7) is 5.70. The van der Waals surface area contributed by atoms with E-state index in [2.05, 4.69) is 4.98 Å². The third-order valence-electron chi connectivity index (χ3n) is 4.80. The Balaban J connectivity index is 2.55. The molecule has 0 saturated heterocycles. The van der Waals surface area contributed by atoms with Crippen LogP contribution in [0.2, 0.25) is 0 Å². The van der Waals surface area contributed by atoms with Crippen LogP contribution in [0.3, 0.4) is 0 Å². The van der Waals surface area contributed by atoms with E-state index >= 15 is 0 Å². The van der Waals surface area contributed by atoms with Crippen molar-refractivity contribution in [2.75, 3.05) is 0 Å². The molecule has 0 aliphatic heterocycles. The third kappa shape index (κ3) is 1.66. The Hall–Kier alpha value is -2.50. The maximum Gasteiger partial charge on any atom is 0.262 e. The second kappa shape index (κ2) is 4.50. The molecule has 1 aromatic carbocycles. The van der Waals surface area contributed by atoms with Crippen molar-refractivity contribution >= 4 is 21.5 Å². The van der Waals surface area contributed by atoms with Gasteiger partial charge in [0.1, 0.15) is 0 Å². The van der Waals surface area contributed by atoms with Crippen molar-refractivity contribution in [2.45, 2.75) is 39.2 Å². The van der Waals surface area contributed by atoms with Crippen LogP contribution in [0.5, 0.6) is 0 Å². The number of aromatic amines is 1. The highest BCUT2D eigenvalue weighted by atomic mass is 16.2. The highest BCUT2D eigenvalue weighted by molar-refractivity contribution is 5.97. The Morgan fingerprint density at radius 1 is 0.864 bits per heavy atom. The van der Waals surface area contributed by atoms with E-state index in [1.54, 1.807) is 0 Å². The van der Waals surface area contributed by atoms with E-state index in [1.807, 2.05) is 20.8 Å². The average molecular weight is 300 g/mol. The van der Waals surface area contributed by atoms with Gasteiger partial charge in [0.15, 0.2) is 0 Å². The van der Waals surface area contributed by atoms with Crippen LogP contribution in [0.4, 0.5) is 0 Å². The highest BCUT2D eigenvalue weighted by Crippen LogP contribution is 2.23. The largest absolute Gasteiger partial charge is 0.288 e. The average Bonchev–Trinajstić information content (AvgIpc) is 2.93. The van der Waals surface area contributed by atoms with Gasteiger partial charge in [-0.25, -0.2) is 0 Å². The number of aromatic nitrogens is 2. The summed E-state index contributed by atoms with van der Waals surface area (Å²) in [7, 11) is 0. The van der Waals surface area contributed by atoms with Crippen LogP contribution in [0, 0.1) is 0 Å². The molecule has 0 aliphatic carbocycles. The van der Waals surface area contributed by atoms with Crippen molar-refractivity contribution in [1.82, 2.24) is 9.55 Å². The Bertz CT molecular complexity index is 1010. The second-order valence-corrected chi connectivity index (χ2v) is 5.88. The molecule has 3 aromatic rings. The lowest BCUT2D eigenvalue weighted by Gasteiger charge is -2.27. The van der Waals surface area contributed by atoms with E-state index in [-0.39, 0.29) is 21.5 Å². The summed E-state index contributed by atoms with van der Waals surface area (Å²) in [5.41, 5.74) is -2.45. The van der Waals surface area contributed by atoms with E-state index in [1.165, 1.54) is 16.7 Å². The van der Waals surface area contributed by atoms with E-state index in [9.17, 15) is 19.2 Å². The number of nitrogens with zero attached hydrogens (tertiary/aromatic N) is 1. The third-order valence-corrected chi connectivity index (χ3v) is 4.80. The zero-order valence-electron chi connectivity index (χ0n) is 12.6. The predicted octanol–water partition coefficient (Wildman–Crippen LogP) is 0.974. The Morgan fingerprint density at radius 3 is 1.64 bits per heavy atom. The summed E-state index contributed by atoms with van der Waals surface area (Å²) in [5, 5.41) is 0.700. The van der Waals surface area contributed by atoms with Crippen LogP contribution in [-0.2, 0) is 5.54 Å². The molecule has 0 bridgehead atoms. The lowest BCUT2D eigenvalue weighted by atomic mass is 9.95. The van der Waals surface area contributed by atoms with Gasteiger partial charge in [-0.15, -0.1) is 0 Å². The SMILES string of the molecule is CCC(C)(CC)n1c(=O)c2cc3c(=O)[nH]c(=O)c3cc2c1=O. The van der Waals surface area contributed by atoms with Gasteiger partial charge in [0.05, 0.1) is 21.5 Å². The van der Waals surface area contributed by atoms with Crippen LogP contribution in [-0.4, -0.2) is 9.55 Å². The van der Waals surface area contributed by atoms with Crippen molar-refractivity contribution < 1.29 is 0 Å². The zero-order chi connectivity index (χ0) is 16.2. The van der Waals surface area contributed by atoms with E-state index in [0.29, 0.717) is 12.8 Å². The molecule has 0 fully saturated rings. The smallest absolute Gasteiger partial charge is 0.262 e. The number of rotatable bonds is 3. The van der Waals surface area contributed by atoms with Crippen molar-refractivity contribution in [3.63, 3.8) is 0 Å². The lowest BCUT2D eigenvalue weighted by Crippen LogP contribution is -2.42. The quantitative estimate of drug-likeness (QED) is 0.780. The van der Waals surface area contributed by atoms with Crippen molar-refractivity contribution in [2.24, 2.45) is 0 Å². The maximum atomic E-state index is 12.6. The number of hydrogen-bond acceptors (Lipinski definition) is 4. The lowest BCUT2D eigenvalue weighted by molar-refractivity contribution is 0.282. The molecule has 2 heterocycles. The molecule has 6 nitrogen and oxygen atoms in total. The number of fused-ring (bicyclic) bond motifs is 2. The molecular weight excluding hydrogens is 284 g/mol. The Kier molecular flexibility index (Phi) is 2.95. The topological polar surface area (TPSA) is 89.0 Å². The normalized spacial score (nSPS) is 12.5. The first-order valence-electron chi connectivity index (χ1n) is 7.26. The fourth-order valence-corrected chi connectivity index (χ4v) is 2.96. The van der Waals surface area contributed by atoms with Crippen molar-refractivity contribution in [3.8, 4) is 0 Å². The monoisotopic (exact) mass is 300 g/mol. The highest BCUT2D eigenvalue weighted by Gasteiger charge is 2.29. The molecule has 1 N–H and O–H groups in total. The van der Waals surface area contributed by atoms with Gasteiger partial charge in [0.2, 0.25) is 0 Å². The molecule has 3 rings (SSSR count). The van der Waals surface area contributed by atoms with Gasteiger partial charge in [-0.2, -0.15) is 0 Å². The molecule has 0 saturated carbocycles. The first-order valence-corrected chi connectivity index (χ1v) is 7.26. The first kappa shape index (κ1) is 14.4. The van der Waals surface area contributed by atoms with E-state index in [4.69, 9.17) is 0 Å². The van der Waals surface area contributed by atoms with Gasteiger partial charge in [0, 0.05) is 5.54 Å². The minimum atomic E-state index is -0.579. The molecule has 0 atom stereocenters. The summed E-state index contributed by atoms with van der Waals surface area (Å²) in [4.78, 5) is 50.9. The Morgan fingerprint density at radius 2 is 1.27 bits per heavy atom. The van der Waals surface area contributed by atoms with Gasteiger partial charge in [-0.05, 0) is 31.9 Å². The summed E-state index contributed by atoms with van der Waals surface area (Å²) < 4.78 is 1.26. The molecular formula is C16H16N2O4. The molecule has 6 heteroatoms. The number of nitrogens with one attached hydrogen (secondary N) is 1. The van der Waals surface area contributed by atoms with Crippen molar-refractivity contribution in [3.05, 3.63) is 53.5 Å². The van der Waals surface area contributed by atoms with Gasteiger partial charge in [-0.1, -0.05) is 13.8 Å². The van der Waals surface area contributed by atoms with Crippen molar-refractivity contribution in [1.29, 1.82) is 0 Å². The fraction of sp³-hybridized carbons (Fsp3) is 0.375. The summed E-state index contributed by atoms with van der Waals surface area (Å²) in [6.07, 6.45) is 1.27. The number of hydrogen-bond donors (Lipinski definition) is 1. The number of benzene rings is 1. The van der Waals surface area contributed by atoms with Crippen LogP contribution < -0.4 is 22.2 Å². The molecule has 22 heavy (non-hydrogen) atoms. The molecule has 0 unspecified atom stereocenters. The Labute approximate surface area is 124 Å². The summed E-state index contributed by atoms with van der Waals surface area (Å²) in [5.74, 6) is 0. The van der Waals surface area contributed by atoms with Crippen LogP contribution in [0.15, 0.2) is 31.3 Å². The van der Waals surface area contributed by atoms with Gasteiger partial charge in [-0.3, -0.25) is 28.7 Å². The van der Waals surface area contributed by atoms with E-state index in [0.717, 1.165) is 0 Å². The fourth-order valence-electron chi connectivity index (χ4n) is 2.96. The minimum absolute atomic E-state index is 0.154. The van der Waals surface area contributed by atoms with E-state index < -0.39 is 27.8 Å². The maximum absolute atomic E-state index is 12.6. The van der Waals surface area contributed by atoms with Crippen LogP contribution >= 0.6 is 0 Å². The number of H-pyrrole nitrogens is 1. The molecule has 0 radical (unpaired) electrons. The van der Waals surface area contributed by atoms with Crippen LogP contribution in [0.1, 0.15) is 33.6 Å². The molecule has 0 aliphatic rings. The molecule has 0 spiro atoms. The predicted molar refractivity (Wildman–Crippen MR) is 85.5 cm³/mol. The first-order chi connectivity index (χ1) is 10.3. The standard InChI is InChI=1S/C16H16N2O4/c1-4-16(3,5-2)18-14(21)10-6-8-9(7-11(10)15(18)22)13(20)17-12(8)19/h6-7H,4-5H2,1-3H3,(H,17,19,20). The second-order valence-electron chi connectivity index (χ2n) is 5.88. The molecule has 2 aromatic heterocycles. The molecule has 0 amide bonds. The molecule has 114 valence electrons.